The Morgan fingerprint density at radius 2 is 1.76 bits per heavy atom. The molecule has 33 heavy (non-hydrogen) atoms. The fraction of sp³-hybridized carbons (Fsp3) is 0.250. The summed E-state index contributed by atoms with van der Waals surface area (Å²) in [5, 5.41) is 5.09. The predicted octanol–water partition coefficient (Wildman–Crippen LogP) is 6.05. The number of hydrogen-bond acceptors (Lipinski definition) is 4. The van der Waals surface area contributed by atoms with E-state index in [4.69, 9.17) is 39.6 Å². The Balaban J connectivity index is 2.02. The molecule has 0 spiro atoms. The summed E-state index contributed by atoms with van der Waals surface area (Å²) in [5.74, 6) is -0.472. The van der Waals surface area contributed by atoms with Crippen LogP contribution in [0.1, 0.15) is 24.0 Å². The molecule has 0 aliphatic heterocycles. The van der Waals surface area contributed by atoms with Crippen LogP contribution in [0, 0.1) is 5.82 Å². The Bertz CT molecular complexity index is 1190. The summed E-state index contributed by atoms with van der Waals surface area (Å²) in [4.78, 5) is 20.3. The van der Waals surface area contributed by atoms with Crippen LogP contribution in [0.25, 0.3) is 5.69 Å². The SMILES string of the molecule is CN(C)CCCCON=C(c1ccc(=O)n(-c2c(Cl)cccc2Cl)c1)c1ccc(F)cc1Cl. The van der Waals surface area contributed by atoms with Crippen LogP contribution in [-0.2, 0) is 4.84 Å². The Morgan fingerprint density at radius 1 is 1.03 bits per heavy atom. The first-order valence-electron chi connectivity index (χ1n) is 10.3. The third-order valence-corrected chi connectivity index (χ3v) is 5.72. The molecule has 0 radical (unpaired) electrons. The lowest BCUT2D eigenvalue weighted by Crippen LogP contribution is -2.20. The Labute approximate surface area is 206 Å². The van der Waals surface area contributed by atoms with Gasteiger partial charge in [0.2, 0.25) is 0 Å². The first-order valence-corrected chi connectivity index (χ1v) is 11.4. The van der Waals surface area contributed by atoms with E-state index in [-0.39, 0.29) is 10.6 Å². The van der Waals surface area contributed by atoms with Crippen LogP contribution in [0.5, 0.6) is 0 Å². The molecule has 2 aromatic carbocycles. The molecular formula is C24H23Cl3FN3O2. The Morgan fingerprint density at radius 3 is 2.42 bits per heavy atom. The number of aromatic nitrogens is 1. The van der Waals surface area contributed by atoms with Crippen molar-refractivity contribution in [1.29, 1.82) is 0 Å². The van der Waals surface area contributed by atoms with E-state index in [1.54, 1.807) is 30.5 Å². The van der Waals surface area contributed by atoms with Gasteiger partial charge in [-0.05, 0) is 69.9 Å². The smallest absolute Gasteiger partial charge is 0.255 e. The van der Waals surface area contributed by atoms with Gasteiger partial charge in [-0.25, -0.2) is 4.39 Å². The molecule has 0 saturated carbocycles. The highest BCUT2D eigenvalue weighted by atomic mass is 35.5. The van der Waals surface area contributed by atoms with Crippen LogP contribution in [0.3, 0.4) is 0 Å². The van der Waals surface area contributed by atoms with Crippen LogP contribution in [0.2, 0.25) is 15.1 Å². The average Bonchev–Trinajstić information content (AvgIpc) is 2.75. The first kappa shape index (κ1) is 25.2. The Hall–Kier alpha value is -2.38. The number of nitrogens with zero attached hydrogens (tertiary/aromatic N) is 3. The minimum absolute atomic E-state index is 0.165. The number of benzene rings is 2. The summed E-state index contributed by atoms with van der Waals surface area (Å²) in [6.07, 6.45) is 3.31. The van der Waals surface area contributed by atoms with Gasteiger partial charge in [-0.1, -0.05) is 46.0 Å². The van der Waals surface area contributed by atoms with Gasteiger partial charge in [0, 0.05) is 23.4 Å². The minimum Gasteiger partial charge on any atom is -0.395 e. The summed E-state index contributed by atoms with van der Waals surface area (Å²) >= 11 is 19.0. The fourth-order valence-electron chi connectivity index (χ4n) is 3.16. The van der Waals surface area contributed by atoms with Crippen LogP contribution in [-0.4, -0.2) is 42.4 Å². The number of unbranched alkanes of at least 4 members (excludes halogenated alkanes) is 1. The summed E-state index contributed by atoms with van der Waals surface area (Å²) < 4.78 is 15.0. The van der Waals surface area contributed by atoms with E-state index in [0.29, 0.717) is 39.2 Å². The maximum Gasteiger partial charge on any atom is 0.255 e. The average molecular weight is 511 g/mol. The molecule has 0 N–H and O–H groups in total. The zero-order valence-corrected chi connectivity index (χ0v) is 20.5. The lowest BCUT2D eigenvalue weighted by Gasteiger charge is -2.14. The van der Waals surface area contributed by atoms with Crippen LogP contribution in [0.4, 0.5) is 4.39 Å². The van der Waals surface area contributed by atoms with Crippen molar-refractivity contribution in [2.75, 3.05) is 27.2 Å². The van der Waals surface area contributed by atoms with Gasteiger partial charge in [-0.2, -0.15) is 0 Å². The molecule has 5 nitrogen and oxygen atoms in total. The van der Waals surface area contributed by atoms with Crippen molar-refractivity contribution in [2.24, 2.45) is 5.16 Å². The second kappa shape index (κ2) is 11.7. The van der Waals surface area contributed by atoms with E-state index in [0.717, 1.165) is 19.4 Å². The second-order valence-electron chi connectivity index (χ2n) is 7.60. The van der Waals surface area contributed by atoms with Crippen molar-refractivity contribution in [1.82, 2.24) is 9.47 Å². The van der Waals surface area contributed by atoms with Crippen molar-refractivity contribution in [3.63, 3.8) is 0 Å². The molecule has 0 aliphatic carbocycles. The summed E-state index contributed by atoms with van der Waals surface area (Å²) in [7, 11) is 4.02. The van der Waals surface area contributed by atoms with Gasteiger partial charge in [0.25, 0.3) is 5.56 Å². The van der Waals surface area contributed by atoms with E-state index in [1.807, 2.05) is 14.1 Å². The van der Waals surface area contributed by atoms with Gasteiger partial charge in [-0.3, -0.25) is 9.36 Å². The van der Waals surface area contributed by atoms with Crippen LogP contribution >= 0.6 is 34.8 Å². The van der Waals surface area contributed by atoms with Crippen molar-refractivity contribution in [2.45, 2.75) is 12.8 Å². The largest absolute Gasteiger partial charge is 0.395 e. The van der Waals surface area contributed by atoms with Gasteiger partial charge in [0.15, 0.2) is 0 Å². The van der Waals surface area contributed by atoms with Crippen molar-refractivity contribution >= 4 is 40.5 Å². The quantitative estimate of drug-likeness (QED) is 0.200. The Kier molecular flexibility index (Phi) is 8.92. The van der Waals surface area contributed by atoms with Crippen molar-refractivity contribution < 1.29 is 9.23 Å². The van der Waals surface area contributed by atoms with Crippen molar-refractivity contribution in [3.8, 4) is 5.69 Å². The maximum absolute atomic E-state index is 13.7. The number of pyridine rings is 1. The molecule has 0 amide bonds. The number of rotatable bonds is 9. The number of hydrogen-bond donors (Lipinski definition) is 0. The molecule has 3 rings (SSSR count). The van der Waals surface area contributed by atoms with Gasteiger partial charge in [0.1, 0.15) is 18.1 Å². The van der Waals surface area contributed by atoms with Gasteiger partial charge in [0.05, 0.1) is 20.8 Å². The third kappa shape index (κ3) is 6.58. The highest BCUT2D eigenvalue weighted by Crippen LogP contribution is 2.28. The van der Waals surface area contributed by atoms with E-state index < -0.39 is 5.82 Å². The predicted molar refractivity (Wildman–Crippen MR) is 133 cm³/mol. The summed E-state index contributed by atoms with van der Waals surface area (Å²) in [6, 6.07) is 12.0. The standard InChI is InChI=1S/C24H23Cl3FN3O2/c1-30(2)12-3-4-13-33-29-23(18-10-9-17(28)14-21(18)27)16-8-11-22(32)31(15-16)24-19(25)6-5-7-20(24)26/h5-11,14-15H,3-4,12-13H2,1-2H3. The molecule has 1 aromatic heterocycles. The number of para-hydroxylation sites is 1. The zero-order chi connectivity index (χ0) is 24.0. The van der Waals surface area contributed by atoms with Gasteiger partial charge < -0.3 is 9.74 Å². The summed E-state index contributed by atoms with van der Waals surface area (Å²) in [6.45, 7) is 1.33. The fourth-order valence-corrected chi connectivity index (χ4v) is 4.00. The molecular weight excluding hydrogens is 488 g/mol. The van der Waals surface area contributed by atoms with Crippen LogP contribution < -0.4 is 5.56 Å². The molecule has 0 bridgehead atoms. The van der Waals surface area contributed by atoms with E-state index in [1.165, 1.54) is 28.8 Å². The first-order chi connectivity index (χ1) is 15.8. The number of oxime groups is 1. The maximum atomic E-state index is 13.7. The van der Waals surface area contributed by atoms with Gasteiger partial charge in [-0.15, -0.1) is 0 Å². The van der Waals surface area contributed by atoms with Crippen molar-refractivity contribution in [3.05, 3.63) is 97.1 Å². The molecule has 9 heteroatoms. The van der Waals surface area contributed by atoms with Gasteiger partial charge >= 0.3 is 0 Å². The highest BCUT2D eigenvalue weighted by Gasteiger charge is 2.17. The molecule has 174 valence electrons. The third-order valence-electron chi connectivity index (χ3n) is 4.80. The second-order valence-corrected chi connectivity index (χ2v) is 8.83. The van der Waals surface area contributed by atoms with E-state index in [9.17, 15) is 9.18 Å². The van der Waals surface area contributed by atoms with E-state index >= 15 is 0 Å². The van der Waals surface area contributed by atoms with E-state index in [2.05, 4.69) is 10.1 Å². The molecule has 3 aromatic rings. The zero-order valence-electron chi connectivity index (χ0n) is 18.2. The molecule has 0 atom stereocenters. The lowest BCUT2D eigenvalue weighted by molar-refractivity contribution is 0.138. The molecule has 0 fully saturated rings. The molecule has 0 unspecified atom stereocenters. The summed E-state index contributed by atoms with van der Waals surface area (Å²) in [5.41, 5.74) is 1.35. The monoisotopic (exact) mass is 509 g/mol. The highest BCUT2D eigenvalue weighted by molar-refractivity contribution is 6.38. The van der Waals surface area contributed by atoms with Crippen LogP contribution in [0.15, 0.2) is 64.7 Å². The lowest BCUT2D eigenvalue weighted by atomic mass is 10.0. The number of halogens is 4. The minimum atomic E-state index is -0.472. The molecule has 0 saturated heterocycles. The molecule has 1 heterocycles. The molecule has 0 aliphatic rings. The normalized spacial score (nSPS) is 11.8. The topological polar surface area (TPSA) is 46.8 Å².